The Bertz CT molecular complexity index is 2020. The normalized spacial score (nSPS) is 14.1. The Labute approximate surface area is 292 Å². The van der Waals surface area contributed by atoms with Gasteiger partial charge in [0.2, 0.25) is 0 Å². The van der Waals surface area contributed by atoms with Crippen LogP contribution in [0.5, 0.6) is 0 Å². The summed E-state index contributed by atoms with van der Waals surface area (Å²) in [5.74, 6) is -0.871. The van der Waals surface area contributed by atoms with Gasteiger partial charge in [0.05, 0.1) is 23.9 Å². The molecule has 1 aliphatic rings. The molecule has 4 heterocycles. The maximum Gasteiger partial charge on any atom is 0.275 e. The van der Waals surface area contributed by atoms with Gasteiger partial charge in [0.25, 0.3) is 17.7 Å². The molecule has 2 aromatic carbocycles. The third-order valence-corrected chi connectivity index (χ3v) is 9.33. The number of nitrogens with zero attached hydrogens (tertiary/aromatic N) is 6. The number of rotatable bonds is 12. The number of unbranched alkanes of at least 4 members (excludes halogenated alkanes) is 2. The number of imidazole rings is 1. The van der Waals surface area contributed by atoms with E-state index >= 15 is 0 Å². The van der Waals surface area contributed by atoms with Crippen molar-refractivity contribution >= 4 is 29.1 Å². The van der Waals surface area contributed by atoms with Crippen molar-refractivity contribution in [2.24, 2.45) is 0 Å². The first-order valence-electron chi connectivity index (χ1n) is 17.5. The van der Waals surface area contributed by atoms with Crippen LogP contribution in [0.1, 0.15) is 93.2 Å². The minimum absolute atomic E-state index is 0.138. The number of anilines is 1. The molecule has 0 radical (unpaired) electrons. The smallest absolute Gasteiger partial charge is 0.275 e. The van der Waals surface area contributed by atoms with E-state index in [4.69, 9.17) is 5.10 Å². The number of pyridine rings is 1. The molecule has 0 fully saturated rings. The highest BCUT2D eigenvalue weighted by atomic mass is 16.3. The van der Waals surface area contributed by atoms with Crippen LogP contribution in [0, 0.1) is 13.8 Å². The molecular weight excluding hydrogens is 630 g/mol. The predicted molar refractivity (Wildman–Crippen MR) is 193 cm³/mol. The fraction of sp³-hybridized carbons (Fsp3) is 0.359. The summed E-state index contributed by atoms with van der Waals surface area (Å²) in [7, 11) is 0. The second kappa shape index (κ2) is 15.1. The molecule has 2 N–H and O–H groups in total. The number of carbonyl (C=O) groups excluding carboxylic acids is 3. The number of nitrogens with one attached hydrogen (secondary N) is 1. The van der Waals surface area contributed by atoms with E-state index < -0.39 is 11.9 Å². The molecule has 5 aromatic rings. The van der Waals surface area contributed by atoms with Gasteiger partial charge >= 0.3 is 0 Å². The quantitative estimate of drug-likeness (QED) is 0.167. The molecule has 3 amide bonds. The predicted octanol–water partition coefficient (Wildman–Crippen LogP) is 5.99. The van der Waals surface area contributed by atoms with Crippen molar-refractivity contribution in [2.45, 2.75) is 72.4 Å². The zero-order chi connectivity index (χ0) is 35.4. The average Bonchev–Trinajstić information content (AvgIpc) is 3.73. The Balaban J connectivity index is 1.38. The van der Waals surface area contributed by atoms with Crippen LogP contribution in [0.3, 0.4) is 0 Å². The van der Waals surface area contributed by atoms with Gasteiger partial charge in [-0.3, -0.25) is 14.4 Å². The molecule has 1 atom stereocenters. The van der Waals surface area contributed by atoms with Gasteiger partial charge in [0.15, 0.2) is 5.69 Å². The number of hydrogen-bond acceptors (Lipinski definition) is 6. The largest absolute Gasteiger partial charge is 0.394 e. The number of carbonyl (C=O) groups is 3. The number of aliphatic hydroxyl groups is 1. The van der Waals surface area contributed by atoms with E-state index in [-0.39, 0.29) is 29.7 Å². The lowest BCUT2D eigenvalue weighted by atomic mass is 9.93. The second-order valence-electron chi connectivity index (χ2n) is 13.1. The Hall–Kier alpha value is -5.29. The third kappa shape index (κ3) is 7.18. The lowest BCUT2D eigenvalue weighted by molar-refractivity contribution is 0.0544. The highest BCUT2D eigenvalue weighted by Gasteiger charge is 2.32. The molecule has 11 heteroatoms. The van der Waals surface area contributed by atoms with E-state index in [1.165, 1.54) is 0 Å². The number of benzene rings is 2. The number of aryl methyl sites for hydroxylation is 2. The van der Waals surface area contributed by atoms with Crippen molar-refractivity contribution in [1.29, 1.82) is 0 Å². The van der Waals surface area contributed by atoms with Gasteiger partial charge in [-0.1, -0.05) is 57.0 Å². The summed E-state index contributed by atoms with van der Waals surface area (Å²) >= 11 is 0. The van der Waals surface area contributed by atoms with Crippen LogP contribution in [-0.2, 0) is 13.0 Å². The molecule has 0 saturated carbocycles. The van der Waals surface area contributed by atoms with Crippen molar-refractivity contribution in [3.63, 3.8) is 0 Å². The summed E-state index contributed by atoms with van der Waals surface area (Å²) in [5.41, 5.74) is 6.19. The summed E-state index contributed by atoms with van der Waals surface area (Å²) in [6.45, 7) is 9.46. The molecule has 11 nitrogen and oxygen atoms in total. The molecule has 0 aliphatic carbocycles. The first-order chi connectivity index (χ1) is 24.2. The monoisotopic (exact) mass is 675 g/mol. The summed E-state index contributed by atoms with van der Waals surface area (Å²) < 4.78 is 3.43. The summed E-state index contributed by atoms with van der Waals surface area (Å²) in [5, 5.41) is 18.1. The van der Waals surface area contributed by atoms with Crippen LogP contribution >= 0.6 is 0 Å². The number of hydrogen-bond donors (Lipinski definition) is 2. The van der Waals surface area contributed by atoms with Gasteiger partial charge in [-0.25, -0.2) is 9.67 Å². The van der Waals surface area contributed by atoms with E-state index in [0.717, 1.165) is 42.4 Å². The first kappa shape index (κ1) is 34.6. The van der Waals surface area contributed by atoms with Crippen molar-refractivity contribution in [3.05, 3.63) is 112 Å². The fourth-order valence-corrected chi connectivity index (χ4v) is 6.52. The van der Waals surface area contributed by atoms with Gasteiger partial charge in [0.1, 0.15) is 11.3 Å². The first-order valence-corrected chi connectivity index (χ1v) is 17.5. The number of amides is 3. The molecule has 6 rings (SSSR count). The maximum absolute atomic E-state index is 14.6. The van der Waals surface area contributed by atoms with Crippen molar-refractivity contribution in [3.8, 4) is 5.69 Å². The van der Waals surface area contributed by atoms with Crippen molar-refractivity contribution in [1.82, 2.24) is 29.0 Å². The minimum Gasteiger partial charge on any atom is -0.394 e. The zero-order valence-electron chi connectivity index (χ0n) is 29.2. The van der Waals surface area contributed by atoms with Crippen LogP contribution in [-0.4, -0.2) is 77.5 Å². The standard InChI is InChI=1S/C39H45N7O4/c1-5-7-17-43(18-8-6-2)39(50)33-19-27(4)46(42-33)35-15-14-30(40-37(48)34-24-44-22-26(3)13-16-36(44)41-34)21-32(35)38(49)45-23-29-12-10-9-11-28(29)20-31(45)25-47/h9-16,19,21-22,24,31,47H,5-8,17-18,20,23,25H2,1-4H3,(H,40,48)/t31-/m0/s1. The molecule has 1 aliphatic heterocycles. The molecule has 3 aromatic heterocycles. The highest BCUT2D eigenvalue weighted by molar-refractivity contribution is 6.05. The highest BCUT2D eigenvalue weighted by Crippen LogP contribution is 2.29. The Kier molecular flexibility index (Phi) is 10.4. The number of fused-ring (bicyclic) bond motifs is 2. The maximum atomic E-state index is 14.6. The minimum atomic E-state index is -0.438. The second-order valence-corrected chi connectivity index (χ2v) is 13.1. The van der Waals surface area contributed by atoms with E-state index in [2.05, 4.69) is 24.1 Å². The van der Waals surface area contributed by atoms with Gasteiger partial charge in [-0.15, -0.1) is 0 Å². The topological polar surface area (TPSA) is 125 Å². The third-order valence-electron chi connectivity index (χ3n) is 9.33. The van der Waals surface area contributed by atoms with Crippen molar-refractivity contribution in [2.75, 3.05) is 25.0 Å². The summed E-state index contributed by atoms with van der Waals surface area (Å²) in [4.78, 5) is 49.7. The molecular formula is C39H45N7O4. The molecule has 0 saturated heterocycles. The van der Waals surface area contributed by atoms with Gasteiger partial charge < -0.3 is 24.6 Å². The van der Waals surface area contributed by atoms with Crippen LogP contribution in [0.4, 0.5) is 5.69 Å². The summed E-state index contributed by atoms with van der Waals surface area (Å²) in [6.07, 6.45) is 7.85. The van der Waals surface area contributed by atoms with Gasteiger partial charge in [0, 0.05) is 43.4 Å². The van der Waals surface area contributed by atoms with E-state index in [9.17, 15) is 19.5 Å². The Morgan fingerprint density at radius 1 is 0.920 bits per heavy atom. The van der Waals surface area contributed by atoms with Crippen LogP contribution in [0.2, 0.25) is 0 Å². The molecule has 0 bridgehead atoms. The van der Waals surface area contributed by atoms with E-state index in [1.807, 2.05) is 61.3 Å². The van der Waals surface area contributed by atoms with Crippen LogP contribution in [0.25, 0.3) is 11.3 Å². The average molecular weight is 676 g/mol. The number of aromatic nitrogens is 4. The zero-order valence-corrected chi connectivity index (χ0v) is 29.2. The SMILES string of the molecule is CCCCN(CCCC)C(=O)c1cc(C)n(-c2ccc(NC(=O)c3cn4cc(C)ccc4n3)cc2C(=O)N2Cc3ccccc3C[C@H]2CO)n1. The fourth-order valence-electron chi connectivity index (χ4n) is 6.52. The summed E-state index contributed by atoms with van der Waals surface area (Å²) in [6, 6.07) is 18.1. The van der Waals surface area contributed by atoms with Crippen LogP contribution < -0.4 is 5.32 Å². The number of aliphatic hydroxyl groups excluding tert-OH is 1. The lowest BCUT2D eigenvalue weighted by Gasteiger charge is -2.36. The van der Waals surface area contributed by atoms with Gasteiger partial charge in [-0.2, -0.15) is 5.10 Å². The van der Waals surface area contributed by atoms with Crippen LogP contribution in [0.15, 0.2) is 73.1 Å². The Morgan fingerprint density at radius 2 is 1.66 bits per heavy atom. The molecule has 260 valence electrons. The van der Waals surface area contributed by atoms with E-state index in [0.29, 0.717) is 54.5 Å². The van der Waals surface area contributed by atoms with Gasteiger partial charge in [-0.05, 0) is 80.1 Å². The van der Waals surface area contributed by atoms with E-state index in [1.54, 1.807) is 44.4 Å². The van der Waals surface area contributed by atoms with Crippen molar-refractivity contribution < 1.29 is 19.5 Å². The molecule has 50 heavy (non-hydrogen) atoms. The Morgan fingerprint density at radius 3 is 2.38 bits per heavy atom. The molecule has 0 spiro atoms. The molecule has 0 unspecified atom stereocenters. The lowest BCUT2D eigenvalue weighted by Crippen LogP contribution is -2.46.